The third kappa shape index (κ3) is 5.75. The molecule has 0 aliphatic carbocycles. The number of benzene rings is 2. The average Bonchev–Trinajstić information content (AvgIpc) is 3.15. The summed E-state index contributed by atoms with van der Waals surface area (Å²) in [5.41, 5.74) is 0.646. The molecule has 0 radical (unpaired) electrons. The Morgan fingerprint density at radius 1 is 1.11 bits per heavy atom. The van der Waals surface area contributed by atoms with Gasteiger partial charge in [0.2, 0.25) is 5.91 Å². The van der Waals surface area contributed by atoms with Crippen molar-refractivity contribution in [1.82, 2.24) is 10.2 Å². The van der Waals surface area contributed by atoms with Gasteiger partial charge in [-0.05, 0) is 24.3 Å². The molecule has 8 heteroatoms. The highest BCUT2D eigenvalue weighted by atomic mass is 32.2. The van der Waals surface area contributed by atoms with Gasteiger partial charge in [0, 0.05) is 12.2 Å². The number of rotatable bonds is 9. The first-order valence-electron chi connectivity index (χ1n) is 8.30. The summed E-state index contributed by atoms with van der Waals surface area (Å²) in [5, 5.41) is 11.1. The number of methoxy groups -OCH3 is 1. The van der Waals surface area contributed by atoms with Crippen molar-refractivity contribution >= 4 is 23.4 Å². The number of carbonyl (C=O) groups excluding carboxylic acids is 1. The first kappa shape index (κ1) is 18.8. The smallest absolute Gasteiger partial charge is 0.276 e. The fourth-order valence-electron chi connectivity index (χ4n) is 2.21. The van der Waals surface area contributed by atoms with Gasteiger partial charge in [0.25, 0.3) is 11.1 Å². The third-order valence-electron chi connectivity index (χ3n) is 3.49. The Balaban J connectivity index is 1.41. The van der Waals surface area contributed by atoms with Gasteiger partial charge >= 0.3 is 0 Å². The van der Waals surface area contributed by atoms with Crippen LogP contribution < -0.4 is 14.8 Å². The number of carbonyl (C=O) groups is 1. The van der Waals surface area contributed by atoms with E-state index in [0.29, 0.717) is 34.7 Å². The normalized spacial score (nSPS) is 10.4. The van der Waals surface area contributed by atoms with E-state index in [1.165, 1.54) is 11.8 Å². The summed E-state index contributed by atoms with van der Waals surface area (Å²) in [6.07, 6.45) is 0.306. The van der Waals surface area contributed by atoms with Crippen molar-refractivity contribution in [2.45, 2.75) is 18.3 Å². The largest absolute Gasteiger partial charge is 0.495 e. The third-order valence-corrected chi connectivity index (χ3v) is 4.31. The Kier molecular flexibility index (Phi) is 6.70. The van der Waals surface area contributed by atoms with E-state index in [2.05, 4.69) is 15.5 Å². The quantitative estimate of drug-likeness (QED) is 0.561. The van der Waals surface area contributed by atoms with Crippen LogP contribution in [-0.4, -0.2) is 29.0 Å². The van der Waals surface area contributed by atoms with E-state index in [0.717, 1.165) is 5.75 Å². The Morgan fingerprint density at radius 2 is 1.89 bits per heavy atom. The Labute approximate surface area is 161 Å². The number of hydrogen-bond donors (Lipinski definition) is 1. The molecule has 1 heterocycles. The van der Waals surface area contributed by atoms with Crippen molar-refractivity contribution in [2.24, 2.45) is 0 Å². The van der Waals surface area contributed by atoms with Gasteiger partial charge in [-0.15, -0.1) is 10.2 Å². The first-order valence-corrected chi connectivity index (χ1v) is 9.29. The standard InChI is InChI=1S/C19H19N3O4S/c1-24-16-10-6-5-9-15(16)20-17(23)11-12-27-19-22-21-18(26-19)13-25-14-7-3-2-4-8-14/h2-10H,11-13H2,1H3,(H,20,23). The first-order chi connectivity index (χ1) is 13.2. The van der Waals surface area contributed by atoms with Gasteiger partial charge in [-0.2, -0.15) is 0 Å². The minimum atomic E-state index is -0.112. The molecule has 3 rings (SSSR count). The predicted molar refractivity (Wildman–Crippen MR) is 102 cm³/mol. The SMILES string of the molecule is COc1ccccc1NC(=O)CCSc1nnc(COc2ccccc2)o1. The molecule has 7 nitrogen and oxygen atoms in total. The maximum Gasteiger partial charge on any atom is 0.276 e. The molecule has 1 amide bonds. The Hall–Kier alpha value is -3.00. The van der Waals surface area contributed by atoms with Crippen molar-refractivity contribution < 1.29 is 18.7 Å². The topological polar surface area (TPSA) is 86.5 Å². The molecule has 0 atom stereocenters. The number of anilines is 1. The van der Waals surface area contributed by atoms with Crippen molar-refractivity contribution in [1.29, 1.82) is 0 Å². The zero-order chi connectivity index (χ0) is 18.9. The molecule has 0 fully saturated rings. The van der Waals surface area contributed by atoms with Crippen LogP contribution in [0, 0.1) is 0 Å². The fraction of sp³-hybridized carbons (Fsp3) is 0.211. The summed E-state index contributed by atoms with van der Waals surface area (Å²) in [4.78, 5) is 12.1. The van der Waals surface area contributed by atoms with Crippen molar-refractivity contribution in [2.75, 3.05) is 18.2 Å². The second-order valence-electron chi connectivity index (χ2n) is 5.41. The number of para-hydroxylation sites is 3. The number of nitrogens with zero attached hydrogens (tertiary/aromatic N) is 2. The molecule has 0 unspecified atom stereocenters. The van der Waals surface area contributed by atoms with Crippen LogP contribution in [-0.2, 0) is 11.4 Å². The monoisotopic (exact) mass is 385 g/mol. The summed E-state index contributed by atoms with van der Waals surface area (Å²) in [6.45, 7) is 0.200. The lowest BCUT2D eigenvalue weighted by Crippen LogP contribution is -2.12. The highest BCUT2D eigenvalue weighted by Crippen LogP contribution is 2.24. The second kappa shape index (κ2) is 9.63. The minimum absolute atomic E-state index is 0.112. The van der Waals surface area contributed by atoms with Crippen LogP contribution in [0.25, 0.3) is 0 Å². The highest BCUT2D eigenvalue weighted by molar-refractivity contribution is 7.99. The average molecular weight is 385 g/mol. The molecule has 0 aliphatic rings. The van der Waals surface area contributed by atoms with Crippen LogP contribution in [0.5, 0.6) is 11.5 Å². The summed E-state index contributed by atoms with van der Waals surface area (Å²) in [5.74, 6) is 2.15. The molecule has 2 aromatic carbocycles. The van der Waals surface area contributed by atoms with Gasteiger partial charge in [-0.1, -0.05) is 42.1 Å². The predicted octanol–water partition coefficient (Wildman–Crippen LogP) is 3.78. The zero-order valence-corrected chi connectivity index (χ0v) is 15.6. The number of ether oxygens (including phenoxy) is 2. The van der Waals surface area contributed by atoms with Gasteiger partial charge in [0.05, 0.1) is 12.8 Å². The molecule has 3 aromatic rings. The lowest BCUT2D eigenvalue weighted by atomic mass is 10.3. The van der Waals surface area contributed by atoms with Crippen LogP contribution in [0.1, 0.15) is 12.3 Å². The van der Waals surface area contributed by atoms with Gasteiger partial charge < -0.3 is 19.2 Å². The number of aromatic nitrogens is 2. The molecule has 0 aliphatic heterocycles. The molecule has 0 saturated heterocycles. The van der Waals surface area contributed by atoms with Gasteiger partial charge in [-0.25, -0.2) is 0 Å². The summed E-state index contributed by atoms with van der Waals surface area (Å²) in [6, 6.07) is 16.7. The maximum atomic E-state index is 12.1. The van der Waals surface area contributed by atoms with Crippen LogP contribution in [0.3, 0.4) is 0 Å². The van der Waals surface area contributed by atoms with Gasteiger partial charge in [-0.3, -0.25) is 4.79 Å². The number of thioether (sulfide) groups is 1. The number of hydrogen-bond acceptors (Lipinski definition) is 7. The Morgan fingerprint density at radius 3 is 2.70 bits per heavy atom. The highest BCUT2D eigenvalue weighted by Gasteiger charge is 2.10. The molecule has 0 bridgehead atoms. The zero-order valence-electron chi connectivity index (χ0n) is 14.8. The molecule has 0 saturated carbocycles. The molecule has 0 spiro atoms. The minimum Gasteiger partial charge on any atom is -0.495 e. The van der Waals surface area contributed by atoms with E-state index >= 15 is 0 Å². The molecular weight excluding hydrogens is 366 g/mol. The molecule has 140 valence electrons. The summed E-state index contributed by atoms with van der Waals surface area (Å²) in [7, 11) is 1.56. The summed E-state index contributed by atoms with van der Waals surface area (Å²) >= 11 is 1.32. The van der Waals surface area contributed by atoms with Crippen LogP contribution in [0.15, 0.2) is 64.2 Å². The molecular formula is C19H19N3O4S. The lowest BCUT2D eigenvalue weighted by Gasteiger charge is -2.09. The van der Waals surface area contributed by atoms with Crippen LogP contribution in [0.2, 0.25) is 0 Å². The summed E-state index contributed by atoms with van der Waals surface area (Å²) < 4.78 is 16.3. The fourth-order valence-corrected chi connectivity index (χ4v) is 2.92. The van der Waals surface area contributed by atoms with Crippen molar-refractivity contribution in [3.05, 3.63) is 60.5 Å². The lowest BCUT2D eigenvalue weighted by molar-refractivity contribution is -0.115. The molecule has 1 N–H and O–H groups in total. The van der Waals surface area contributed by atoms with Crippen LogP contribution in [0.4, 0.5) is 5.69 Å². The Bertz CT molecular complexity index is 870. The van der Waals surface area contributed by atoms with E-state index in [4.69, 9.17) is 13.9 Å². The van der Waals surface area contributed by atoms with Crippen molar-refractivity contribution in [3.63, 3.8) is 0 Å². The number of amides is 1. The second-order valence-corrected chi connectivity index (χ2v) is 6.46. The maximum absolute atomic E-state index is 12.1. The van der Waals surface area contributed by atoms with E-state index in [-0.39, 0.29) is 12.5 Å². The van der Waals surface area contributed by atoms with E-state index in [1.54, 1.807) is 19.2 Å². The molecule has 1 aromatic heterocycles. The van der Waals surface area contributed by atoms with Gasteiger partial charge in [0.1, 0.15) is 11.5 Å². The van der Waals surface area contributed by atoms with E-state index in [9.17, 15) is 4.79 Å². The van der Waals surface area contributed by atoms with E-state index in [1.807, 2.05) is 42.5 Å². The van der Waals surface area contributed by atoms with Gasteiger partial charge in [0.15, 0.2) is 6.61 Å². The number of nitrogens with one attached hydrogen (secondary N) is 1. The van der Waals surface area contributed by atoms with E-state index < -0.39 is 0 Å². The van der Waals surface area contributed by atoms with Crippen molar-refractivity contribution in [3.8, 4) is 11.5 Å². The molecule has 27 heavy (non-hydrogen) atoms. The van der Waals surface area contributed by atoms with Crippen LogP contribution >= 0.6 is 11.8 Å².